The van der Waals surface area contributed by atoms with E-state index in [1.54, 1.807) is 0 Å². The molecular formula is C34H65N3O. The summed E-state index contributed by atoms with van der Waals surface area (Å²) in [6.07, 6.45) is 18.2. The number of hydrogen-bond acceptors (Lipinski definition) is 4. The Morgan fingerprint density at radius 1 is 0.816 bits per heavy atom. The van der Waals surface area contributed by atoms with Gasteiger partial charge in [0.2, 0.25) is 0 Å². The average molecular weight is 532 g/mol. The summed E-state index contributed by atoms with van der Waals surface area (Å²) in [6.45, 7) is 16.7. The maximum Gasteiger partial charge on any atom is 0.0577 e. The fraction of sp³-hybridized carbons (Fsp3) is 1.00. The molecule has 0 amide bonds. The van der Waals surface area contributed by atoms with Crippen LogP contribution in [0.3, 0.4) is 0 Å². The van der Waals surface area contributed by atoms with Gasteiger partial charge in [0.25, 0.3) is 0 Å². The Morgan fingerprint density at radius 3 is 2.32 bits per heavy atom. The maximum absolute atomic E-state index is 11.7. The van der Waals surface area contributed by atoms with Crippen molar-refractivity contribution in [3.63, 3.8) is 0 Å². The highest BCUT2D eigenvalue weighted by atomic mass is 16.3. The fourth-order valence-corrected chi connectivity index (χ4v) is 10.5. The van der Waals surface area contributed by atoms with Gasteiger partial charge in [0.15, 0.2) is 0 Å². The third kappa shape index (κ3) is 6.66. The van der Waals surface area contributed by atoms with Crippen LogP contribution in [-0.2, 0) is 0 Å². The molecule has 0 radical (unpaired) electrons. The molecule has 0 spiro atoms. The molecule has 0 aliphatic heterocycles. The number of unbranched alkanes of at least 4 members (excludes halogenated alkanes) is 1. The first-order valence-electron chi connectivity index (χ1n) is 17.0. The quantitative estimate of drug-likeness (QED) is 0.187. The van der Waals surface area contributed by atoms with Crippen molar-refractivity contribution in [3.8, 4) is 0 Å². The van der Waals surface area contributed by atoms with Gasteiger partial charge in [0.1, 0.15) is 0 Å². The Bertz CT molecular complexity index is 714. The minimum Gasteiger partial charge on any atom is -0.393 e. The second-order valence-corrected chi connectivity index (χ2v) is 15.4. The monoisotopic (exact) mass is 532 g/mol. The van der Waals surface area contributed by atoms with Crippen molar-refractivity contribution in [2.45, 2.75) is 137 Å². The van der Waals surface area contributed by atoms with Crippen LogP contribution in [0, 0.1) is 52.3 Å². The van der Waals surface area contributed by atoms with Crippen LogP contribution < -0.4 is 16.4 Å². The van der Waals surface area contributed by atoms with E-state index in [9.17, 15) is 5.11 Å². The third-order valence-corrected chi connectivity index (χ3v) is 12.7. The molecule has 0 heterocycles. The van der Waals surface area contributed by atoms with Crippen molar-refractivity contribution in [1.29, 1.82) is 0 Å². The minimum absolute atomic E-state index is 0.0748. The maximum atomic E-state index is 11.7. The number of aliphatic hydroxyl groups excluding tert-OH is 1. The van der Waals surface area contributed by atoms with Gasteiger partial charge in [-0.2, -0.15) is 0 Å². The van der Waals surface area contributed by atoms with E-state index in [1.807, 2.05) is 0 Å². The van der Waals surface area contributed by atoms with E-state index in [2.05, 4.69) is 45.3 Å². The molecular weight excluding hydrogens is 466 g/mol. The normalized spacial score (nSPS) is 41.5. The minimum atomic E-state index is -0.0748. The zero-order chi connectivity index (χ0) is 27.3. The summed E-state index contributed by atoms with van der Waals surface area (Å²) in [5, 5.41) is 19.2. The molecule has 4 aliphatic rings. The lowest BCUT2D eigenvalue weighted by Gasteiger charge is -2.62. The van der Waals surface area contributed by atoms with Gasteiger partial charge in [0.05, 0.1) is 6.10 Å². The summed E-state index contributed by atoms with van der Waals surface area (Å²) >= 11 is 0. The molecule has 0 aromatic heterocycles. The Hall–Kier alpha value is -0.160. The molecule has 0 aromatic carbocycles. The molecule has 4 rings (SSSR count). The summed E-state index contributed by atoms with van der Waals surface area (Å²) in [6, 6.07) is 0.644. The lowest BCUT2D eigenvalue weighted by molar-refractivity contribution is -0.167. The SMILES string of the molecule is CC(C)CCCC(C)C1CCC2C3C(O)CC4CC(NCCCNCCCCN)CCC4(C)C3CCC12C. The lowest BCUT2D eigenvalue weighted by atomic mass is 9.43. The number of fused-ring (bicyclic) bond motifs is 5. The van der Waals surface area contributed by atoms with Crippen molar-refractivity contribution in [1.82, 2.24) is 10.6 Å². The van der Waals surface area contributed by atoms with Gasteiger partial charge in [-0.15, -0.1) is 0 Å². The van der Waals surface area contributed by atoms with Gasteiger partial charge in [0, 0.05) is 6.04 Å². The number of nitrogens with one attached hydrogen (secondary N) is 2. The van der Waals surface area contributed by atoms with Gasteiger partial charge >= 0.3 is 0 Å². The molecule has 4 fully saturated rings. The highest BCUT2D eigenvalue weighted by molar-refractivity contribution is 5.12. The third-order valence-electron chi connectivity index (χ3n) is 12.7. The Balaban J connectivity index is 1.30. The van der Waals surface area contributed by atoms with Crippen LogP contribution in [0.15, 0.2) is 0 Å². The van der Waals surface area contributed by atoms with Crippen molar-refractivity contribution in [2.75, 3.05) is 26.2 Å². The van der Waals surface area contributed by atoms with E-state index in [0.717, 1.165) is 68.6 Å². The average Bonchev–Trinajstić information content (AvgIpc) is 3.23. The number of aliphatic hydroxyl groups is 1. The fourth-order valence-electron chi connectivity index (χ4n) is 10.5. The van der Waals surface area contributed by atoms with Gasteiger partial charge in [-0.25, -0.2) is 0 Å². The Labute approximate surface area is 236 Å². The van der Waals surface area contributed by atoms with E-state index in [0.29, 0.717) is 28.7 Å². The molecule has 4 aliphatic carbocycles. The smallest absolute Gasteiger partial charge is 0.0577 e. The molecule has 0 aromatic rings. The second kappa shape index (κ2) is 13.7. The molecule has 222 valence electrons. The van der Waals surface area contributed by atoms with Gasteiger partial charge in [-0.05, 0) is 149 Å². The first kappa shape index (κ1) is 30.8. The molecule has 10 atom stereocenters. The van der Waals surface area contributed by atoms with E-state index >= 15 is 0 Å². The van der Waals surface area contributed by atoms with Crippen LogP contribution in [-0.4, -0.2) is 43.4 Å². The van der Waals surface area contributed by atoms with Gasteiger partial charge < -0.3 is 21.5 Å². The van der Waals surface area contributed by atoms with E-state index in [1.165, 1.54) is 77.0 Å². The summed E-state index contributed by atoms with van der Waals surface area (Å²) in [7, 11) is 0. The lowest BCUT2D eigenvalue weighted by Crippen LogP contribution is -2.59. The topological polar surface area (TPSA) is 70.3 Å². The zero-order valence-corrected chi connectivity index (χ0v) is 25.9. The Morgan fingerprint density at radius 2 is 1.55 bits per heavy atom. The van der Waals surface area contributed by atoms with Gasteiger partial charge in [-0.1, -0.05) is 53.9 Å². The van der Waals surface area contributed by atoms with Crippen molar-refractivity contribution in [2.24, 2.45) is 58.0 Å². The van der Waals surface area contributed by atoms with Crippen molar-refractivity contribution >= 4 is 0 Å². The number of hydrogen-bond donors (Lipinski definition) is 4. The first-order chi connectivity index (χ1) is 18.2. The Kier molecular flexibility index (Phi) is 11.1. The summed E-state index contributed by atoms with van der Waals surface area (Å²) in [5.74, 6) is 5.27. The molecule has 4 heteroatoms. The van der Waals surface area contributed by atoms with Crippen LogP contribution in [0.2, 0.25) is 0 Å². The molecule has 4 saturated carbocycles. The highest BCUT2D eigenvalue weighted by Gasteiger charge is 2.62. The van der Waals surface area contributed by atoms with Crippen LogP contribution in [0.25, 0.3) is 0 Å². The zero-order valence-electron chi connectivity index (χ0n) is 25.9. The first-order valence-corrected chi connectivity index (χ1v) is 17.0. The van der Waals surface area contributed by atoms with Crippen molar-refractivity contribution < 1.29 is 5.11 Å². The number of rotatable bonds is 14. The molecule has 38 heavy (non-hydrogen) atoms. The summed E-state index contributed by atoms with van der Waals surface area (Å²) in [5.41, 5.74) is 6.48. The van der Waals surface area contributed by atoms with Crippen LogP contribution >= 0.6 is 0 Å². The predicted molar refractivity (Wildman–Crippen MR) is 162 cm³/mol. The van der Waals surface area contributed by atoms with E-state index in [4.69, 9.17) is 5.73 Å². The highest BCUT2D eigenvalue weighted by Crippen LogP contribution is 2.68. The standard InChI is InChI=1S/C34H65N3O/c1-24(2)10-8-11-25(3)28-12-13-29-32-30(15-17-34(28,29)5)33(4)16-14-27(22-26(33)23-31(32)38)37-21-9-20-36-19-7-6-18-35/h24-32,36-38H,6-23,35H2,1-5H3. The summed E-state index contributed by atoms with van der Waals surface area (Å²) < 4.78 is 0. The summed E-state index contributed by atoms with van der Waals surface area (Å²) in [4.78, 5) is 0. The van der Waals surface area contributed by atoms with E-state index < -0.39 is 0 Å². The van der Waals surface area contributed by atoms with Crippen LogP contribution in [0.4, 0.5) is 0 Å². The van der Waals surface area contributed by atoms with E-state index in [-0.39, 0.29) is 6.10 Å². The van der Waals surface area contributed by atoms with Crippen LogP contribution in [0.5, 0.6) is 0 Å². The second-order valence-electron chi connectivity index (χ2n) is 15.4. The van der Waals surface area contributed by atoms with Gasteiger partial charge in [-0.3, -0.25) is 0 Å². The molecule has 5 N–H and O–H groups in total. The van der Waals surface area contributed by atoms with Crippen LogP contribution in [0.1, 0.15) is 125 Å². The number of nitrogens with two attached hydrogens (primary N) is 1. The predicted octanol–water partition coefficient (Wildman–Crippen LogP) is 6.76. The van der Waals surface area contributed by atoms with Crippen molar-refractivity contribution in [3.05, 3.63) is 0 Å². The molecule has 10 unspecified atom stereocenters. The molecule has 0 saturated heterocycles. The molecule has 0 bridgehead atoms. The molecule has 4 nitrogen and oxygen atoms in total. The largest absolute Gasteiger partial charge is 0.393 e.